The Kier molecular flexibility index (Phi) is 15.9. The second-order valence-electron chi connectivity index (χ2n) is 2.91. The predicted octanol–water partition coefficient (Wildman–Crippen LogP) is 2.17. The summed E-state index contributed by atoms with van der Waals surface area (Å²) in [6.45, 7) is 2.19. The molecule has 0 bridgehead atoms. The van der Waals surface area contributed by atoms with Gasteiger partial charge < -0.3 is 4.89 Å². The molecule has 1 atom stereocenters. The average Bonchev–Trinajstić information content (AvgIpc) is 1.96. The van der Waals surface area contributed by atoms with Crippen LogP contribution in [-0.4, -0.2) is 40.6 Å². The zero-order chi connectivity index (χ0) is 8.53. The van der Waals surface area contributed by atoms with Gasteiger partial charge in [0.15, 0.2) is 8.03 Å². The third-order valence-corrected chi connectivity index (χ3v) is 2.53. The van der Waals surface area contributed by atoms with Crippen molar-refractivity contribution < 1.29 is 9.46 Å². The maximum atomic E-state index is 10.3. The van der Waals surface area contributed by atoms with E-state index in [1.807, 2.05) is 0 Å². The van der Waals surface area contributed by atoms with Crippen LogP contribution < -0.4 is 0 Å². The fourth-order valence-electron chi connectivity index (χ4n) is 1.06. The maximum absolute atomic E-state index is 10.3. The van der Waals surface area contributed by atoms with Gasteiger partial charge in [-0.2, -0.15) is 0 Å². The van der Waals surface area contributed by atoms with E-state index in [2.05, 4.69) is 6.92 Å². The summed E-state index contributed by atoms with van der Waals surface area (Å²) in [6.07, 6.45) is 7.64. The van der Waals surface area contributed by atoms with Crippen LogP contribution in [-0.2, 0) is 4.57 Å². The van der Waals surface area contributed by atoms with Crippen molar-refractivity contribution in [3.05, 3.63) is 0 Å². The van der Waals surface area contributed by atoms with Gasteiger partial charge in [-0.05, 0) is 6.42 Å². The van der Waals surface area contributed by atoms with Crippen LogP contribution in [0.5, 0.6) is 0 Å². The number of unbranched alkanes of at least 4 members (excludes halogenated alkanes) is 5. The zero-order valence-electron chi connectivity index (χ0n) is 7.31. The first kappa shape index (κ1) is 15.7. The first-order valence-corrected chi connectivity index (χ1v) is 6.05. The summed E-state index contributed by atoms with van der Waals surface area (Å²) in [5.41, 5.74) is 0. The first-order chi connectivity index (χ1) is 5.27. The van der Waals surface area contributed by atoms with Crippen LogP contribution >= 0.6 is 8.03 Å². The summed E-state index contributed by atoms with van der Waals surface area (Å²) in [6, 6.07) is 0. The molecule has 1 unspecified atom stereocenters. The Bertz CT molecular complexity index is 109. The van der Waals surface area contributed by atoms with Crippen molar-refractivity contribution in [3.8, 4) is 0 Å². The van der Waals surface area contributed by atoms with E-state index in [1.54, 1.807) is 0 Å². The molecule has 0 aromatic heterocycles. The summed E-state index contributed by atoms with van der Waals surface area (Å²) in [5, 5.41) is 0. The molecule has 0 saturated heterocycles. The topological polar surface area (TPSA) is 37.3 Å². The normalized spacial score (nSPS) is 12.2. The fraction of sp³-hybridized carbons (Fsp3) is 1.00. The van der Waals surface area contributed by atoms with Gasteiger partial charge in [-0.3, -0.25) is 4.57 Å². The minimum atomic E-state index is -2.18. The molecule has 0 aliphatic carbocycles. The van der Waals surface area contributed by atoms with Gasteiger partial charge in [0.1, 0.15) is 0 Å². The Morgan fingerprint density at radius 2 is 1.58 bits per heavy atom. The van der Waals surface area contributed by atoms with Gasteiger partial charge in [-0.15, -0.1) is 0 Å². The van der Waals surface area contributed by atoms with Crippen LogP contribution in [0, 0.1) is 0 Å². The van der Waals surface area contributed by atoms with Crippen molar-refractivity contribution in [2.75, 3.05) is 6.16 Å². The Balaban J connectivity index is 0. The monoisotopic (exact) mass is 202 g/mol. The Labute approximate surface area is 98.3 Å². The third-order valence-electron chi connectivity index (χ3n) is 1.74. The molecule has 4 heteroatoms. The molecule has 0 heterocycles. The van der Waals surface area contributed by atoms with E-state index < -0.39 is 8.03 Å². The predicted molar refractivity (Wildman–Crippen MR) is 56.6 cm³/mol. The molecule has 0 amide bonds. The van der Waals surface area contributed by atoms with Gasteiger partial charge >= 0.3 is 29.6 Å². The molecule has 0 saturated carbocycles. The molecule has 0 aromatic rings. The third kappa shape index (κ3) is 13.8. The second-order valence-corrected chi connectivity index (χ2v) is 4.20. The molecule has 0 aromatic carbocycles. The first-order valence-electron chi connectivity index (χ1n) is 4.49. The Hall–Kier alpha value is 1.19. The van der Waals surface area contributed by atoms with E-state index in [1.165, 1.54) is 25.7 Å². The van der Waals surface area contributed by atoms with Crippen LogP contribution in [0.25, 0.3) is 0 Å². The molecule has 0 fully saturated rings. The van der Waals surface area contributed by atoms with E-state index in [4.69, 9.17) is 4.89 Å². The molecule has 1 N–H and O–H groups in total. The molecule has 2 nitrogen and oxygen atoms in total. The summed E-state index contributed by atoms with van der Waals surface area (Å²) in [7, 11) is -2.18. The minimum absolute atomic E-state index is 0. The molecule has 70 valence electrons. The van der Waals surface area contributed by atoms with E-state index >= 15 is 0 Å². The van der Waals surface area contributed by atoms with Crippen molar-refractivity contribution >= 4 is 37.6 Å². The van der Waals surface area contributed by atoms with Gasteiger partial charge in [0.05, 0.1) is 0 Å². The van der Waals surface area contributed by atoms with Gasteiger partial charge in [-0.1, -0.05) is 39.0 Å². The van der Waals surface area contributed by atoms with Crippen molar-refractivity contribution in [2.24, 2.45) is 0 Å². The molecule has 12 heavy (non-hydrogen) atoms. The zero-order valence-corrected chi connectivity index (χ0v) is 8.31. The van der Waals surface area contributed by atoms with Crippen LogP contribution in [0.15, 0.2) is 0 Å². The molecule has 0 rings (SSSR count). The van der Waals surface area contributed by atoms with Crippen LogP contribution in [0.2, 0.25) is 0 Å². The average molecular weight is 202 g/mol. The standard InChI is InChI=1S/C8H19O2P.Na.H/c1-2-3-4-5-6-7-8-11(9)10;;/h11H,2-8H2,1H3,(H,9,10);;. The van der Waals surface area contributed by atoms with Crippen LogP contribution in [0.3, 0.4) is 0 Å². The van der Waals surface area contributed by atoms with Crippen molar-refractivity contribution in [1.29, 1.82) is 0 Å². The molecule has 0 aliphatic rings. The second kappa shape index (κ2) is 12.2. The van der Waals surface area contributed by atoms with E-state index in [9.17, 15) is 4.57 Å². The van der Waals surface area contributed by atoms with Crippen molar-refractivity contribution in [2.45, 2.75) is 45.4 Å². The van der Waals surface area contributed by atoms with E-state index in [0.29, 0.717) is 6.16 Å². The number of rotatable bonds is 7. The summed E-state index contributed by atoms with van der Waals surface area (Å²) >= 11 is 0. The van der Waals surface area contributed by atoms with Crippen molar-refractivity contribution in [3.63, 3.8) is 0 Å². The SMILES string of the molecule is CCCCCCCC[PH](=O)O.[NaH]. The molecular weight excluding hydrogens is 182 g/mol. The number of hydrogen-bond donors (Lipinski definition) is 1. The van der Waals surface area contributed by atoms with Gasteiger partial charge in [0.2, 0.25) is 0 Å². The summed E-state index contributed by atoms with van der Waals surface area (Å²) < 4.78 is 10.3. The fourth-order valence-corrected chi connectivity index (χ4v) is 1.61. The van der Waals surface area contributed by atoms with E-state index in [0.717, 1.165) is 12.8 Å². The number of hydrogen-bond acceptors (Lipinski definition) is 1. The molecule has 0 aliphatic heterocycles. The van der Waals surface area contributed by atoms with E-state index in [-0.39, 0.29) is 29.6 Å². The van der Waals surface area contributed by atoms with Gasteiger partial charge in [-0.25, -0.2) is 0 Å². The summed E-state index contributed by atoms with van der Waals surface area (Å²) in [4.78, 5) is 8.50. The Morgan fingerprint density at radius 3 is 2.08 bits per heavy atom. The van der Waals surface area contributed by atoms with Gasteiger partial charge in [0.25, 0.3) is 0 Å². The van der Waals surface area contributed by atoms with Crippen LogP contribution in [0.4, 0.5) is 0 Å². The molecule has 0 radical (unpaired) electrons. The van der Waals surface area contributed by atoms with Crippen LogP contribution in [0.1, 0.15) is 45.4 Å². The van der Waals surface area contributed by atoms with Crippen molar-refractivity contribution in [1.82, 2.24) is 0 Å². The van der Waals surface area contributed by atoms with Gasteiger partial charge in [0, 0.05) is 6.16 Å². The quantitative estimate of drug-likeness (QED) is 0.390. The summed E-state index contributed by atoms with van der Waals surface area (Å²) in [5.74, 6) is 0. The molecule has 0 spiro atoms. The Morgan fingerprint density at radius 1 is 1.08 bits per heavy atom. The molecular formula is C8H20NaO2P.